The Morgan fingerprint density at radius 1 is 1.60 bits per heavy atom. The number of nitrogen functional groups attached to an aromatic ring is 1. The maximum atomic E-state index is 12.0. The predicted molar refractivity (Wildman–Crippen MR) is 83.4 cm³/mol. The summed E-state index contributed by atoms with van der Waals surface area (Å²) in [6.45, 7) is 9.82. The number of aromatic nitrogens is 1. The van der Waals surface area contributed by atoms with E-state index in [1.54, 1.807) is 0 Å². The lowest BCUT2D eigenvalue weighted by molar-refractivity contribution is 0.0931. The summed E-state index contributed by atoms with van der Waals surface area (Å²) in [5.41, 5.74) is 6.73. The molecule has 1 aromatic heterocycles. The molecule has 0 aliphatic heterocycles. The number of carbonyl (C=O) groups excluding carboxylic acids is 1. The van der Waals surface area contributed by atoms with Gasteiger partial charge in [-0.1, -0.05) is 23.5 Å². The van der Waals surface area contributed by atoms with Crippen molar-refractivity contribution in [3.8, 4) is 0 Å². The van der Waals surface area contributed by atoms with Gasteiger partial charge in [0.05, 0.1) is 13.2 Å². The van der Waals surface area contributed by atoms with Crippen molar-refractivity contribution in [1.82, 2.24) is 10.3 Å². The highest BCUT2D eigenvalue weighted by molar-refractivity contribution is 7.18. The van der Waals surface area contributed by atoms with Gasteiger partial charge >= 0.3 is 0 Å². The topological polar surface area (TPSA) is 80.5 Å². The number of nitrogens with zero attached hydrogens (tertiary/aromatic N) is 2. The van der Waals surface area contributed by atoms with Crippen LogP contribution in [0.3, 0.4) is 0 Å². The number of hydrogen-bond acceptors (Lipinski definition) is 6. The van der Waals surface area contributed by atoms with E-state index >= 15 is 0 Å². The monoisotopic (exact) mass is 298 g/mol. The van der Waals surface area contributed by atoms with Gasteiger partial charge in [-0.05, 0) is 13.8 Å². The summed E-state index contributed by atoms with van der Waals surface area (Å²) < 4.78 is 5.31. The lowest BCUT2D eigenvalue weighted by Gasteiger charge is -2.10. The van der Waals surface area contributed by atoms with Crippen LogP contribution in [0.2, 0.25) is 0 Å². The lowest BCUT2D eigenvalue weighted by Crippen LogP contribution is -2.27. The molecule has 0 unspecified atom stereocenters. The number of nitrogens with two attached hydrogens (primary N) is 1. The molecule has 20 heavy (non-hydrogen) atoms. The maximum Gasteiger partial charge on any atom is 0.265 e. The van der Waals surface area contributed by atoms with Crippen LogP contribution in [0, 0.1) is 0 Å². The molecular formula is C13H22N4O2S. The molecule has 0 spiro atoms. The Morgan fingerprint density at radius 3 is 2.90 bits per heavy atom. The third-order valence-corrected chi connectivity index (χ3v) is 3.71. The van der Waals surface area contributed by atoms with E-state index in [9.17, 15) is 4.79 Å². The molecule has 1 aromatic rings. The summed E-state index contributed by atoms with van der Waals surface area (Å²) in [5.74, 6) is 0.0559. The summed E-state index contributed by atoms with van der Waals surface area (Å²) in [6, 6.07) is 0. The van der Waals surface area contributed by atoms with Crippen molar-refractivity contribution in [1.29, 1.82) is 0 Å². The van der Waals surface area contributed by atoms with Crippen LogP contribution in [0.25, 0.3) is 0 Å². The first-order valence-corrected chi connectivity index (χ1v) is 7.25. The molecule has 3 N–H and O–H groups in total. The van der Waals surface area contributed by atoms with E-state index in [4.69, 9.17) is 10.5 Å². The second kappa shape index (κ2) is 7.86. The van der Waals surface area contributed by atoms with E-state index in [1.165, 1.54) is 11.3 Å². The SMILES string of the molecule is C=C(C)COCCNC(=O)c1sc(N(C)CC)nc1N. The van der Waals surface area contributed by atoms with Gasteiger partial charge in [-0.15, -0.1) is 0 Å². The third-order valence-electron chi connectivity index (χ3n) is 2.53. The highest BCUT2D eigenvalue weighted by atomic mass is 32.1. The number of amides is 1. The summed E-state index contributed by atoms with van der Waals surface area (Å²) in [6.07, 6.45) is 0. The molecule has 7 heteroatoms. The molecular weight excluding hydrogens is 276 g/mol. The zero-order chi connectivity index (χ0) is 15.1. The van der Waals surface area contributed by atoms with Crippen molar-refractivity contribution < 1.29 is 9.53 Å². The van der Waals surface area contributed by atoms with Crippen LogP contribution in [0.15, 0.2) is 12.2 Å². The number of rotatable bonds is 8. The maximum absolute atomic E-state index is 12.0. The Labute approximate surface area is 123 Å². The zero-order valence-electron chi connectivity index (χ0n) is 12.2. The van der Waals surface area contributed by atoms with Gasteiger partial charge < -0.3 is 20.7 Å². The Morgan fingerprint density at radius 2 is 2.30 bits per heavy atom. The second-order valence-corrected chi connectivity index (χ2v) is 5.47. The number of thiazole rings is 1. The van der Waals surface area contributed by atoms with Gasteiger partial charge in [0.25, 0.3) is 5.91 Å². The molecule has 0 aliphatic carbocycles. The van der Waals surface area contributed by atoms with E-state index < -0.39 is 0 Å². The van der Waals surface area contributed by atoms with Crippen molar-refractivity contribution >= 4 is 28.2 Å². The number of ether oxygens (including phenoxy) is 1. The summed E-state index contributed by atoms with van der Waals surface area (Å²) in [5, 5.41) is 3.51. The molecule has 0 radical (unpaired) electrons. The van der Waals surface area contributed by atoms with Crippen LogP contribution in [0.5, 0.6) is 0 Å². The summed E-state index contributed by atoms with van der Waals surface area (Å²) >= 11 is 1.29. The Kier molecular flexibility index (Phi) is 6.47. The molecule has 0 aromatic carbocycles. The van der Waals surface area contributed by atoms with Crippen LogP contribution in [-0.4, -0.2) is 44.2 Å². The largest absolute Gasteiger partial charge is 0.382 e. The molecule has 112 valence electrons. The van der Waals surface area contributed by atoms with Gasteiger partial charge in [0.1, 0.15) is 10.7 Å². The standard InChI is InChI=1S/C13H22N4O2S/c1-5-17(4)13-16-11(14)10(20-13)12(18)15-6-7-19-8-9(2)3/h2,5-8,14H2,1,3-4H3,(H,15,18). The Hall–Kier alpha value is -1.60. The fraction of sp³-hybridized carbons (Fsp3) is 0.538. The fourth-order valence-corrected chi connectivity index (χ4v) is 2.27. The third kappa shape index (κ3) is 4.82. The highest BCUT2D eigenvalue weighted by Crippen LogP contribution is 2.26. The minimum atomic E-state index is -0.213. The van der Waals surface area contributed by atoms with Crippen molar-refractivity contribution in [3.63, 3.8) is 0 Å². The van der Waals surface area contributed by atoms with Crippen LogP contribution < -0.4 is 16.0 Å². The second-order valence-electron chi connectivity index (χ2n) is 4.49. The molecule has 0 saturated carbocycles. The Bertz CT molecular complexity index is 473. The summed E-state index contributed by atoms with van der Waals surface area (Å²) in [4.78, 5) is 18.5. The number of hydrogen-bond donors (Lipinski definition) is 2. The van der Waals surface area contributed by atoms with Gasteiger partial charge in [0.15, 0.2) is 5.13 Å². The van der Waals surface area contributed by atoms with Gasteiger partial charge in [-0.25, -0.2) is 4.98 Å². The van der Waals surface area contributed by atoms with Gasteiger partial charge in [0, 0.05) is 20.1 Å². The van der Waals surface area contributed by atoms with Gasteiger partial charge in [-0.2, -0.15) is 0 Å². The lowest BCUT2D eigenvalue weighted by atomic mass is 10.4. The van der Waals surface area contributed by atoms with Crippen molar-refractivity contribution in [2.45, 2.75) is 13.8 Å². The van der Waals surface area contributed by atoms with E-state index in [0.29, 0.717) is 24.6 Å². The molecule has 0 atom stereocenters. The molecule has 6 nitrogen and oxygen atoms in total. The molecule has 0 aliphatic rings. The molecule has 0 fully saturated rings. The van der Waals surface area contributed by atoms with E-state index in [0.717, 1.165) is 17.2 Å². The van der Waals surface area contributed by atoms with E-state index in [-0.39, 0.29) is 11.7 Å². The number of anilines is 2. The first-order valence-electron chi connectivity index (χ1n) is 6.43. The minimum Gasteiger partial charge on any atom is -0.382 e. The number of carbonyl (C=O) groups is 1. The first kappa shape index (κ1) is 16.5. The minimum absolute atomic E-state index is 0.213. The highest BCUT2D eigenvalue weighted by Gasteiger charge is 2.17. The average molecular weight is 298 g/mol. The van der Waals surface area contributed by atoms with Gasteiger partial charge in [0.2, 0.25) is 0 Å². The van der Waals surface area contributed by atoms with Crippen molar-refractivity contribution in [2.24, 2.45) is 0 Å². The normalized spacial score (nSPS) is 10.3. The quantitative estimate of drug-likeness (QED) is 0.561. The van der Waals surface area contributed by atoms with Crippen molar-refractivity contribution in [3.05, 3.63) is 17.0 Å². The molecule has 1 amide bonds. The van der Waals surface area contributed by atoms with Crippen LogP contribution in [-0.2, 0) is 4.74 Å². The van der Waals surface area contributed by atoms with Crippen LogP contribution in [0.1, 0.15) is 23.5 Å². The molecule has 0 saturated heterocycles. The fourth-order valence-electron chi connectivity index (χ4n) is 1.34. The molecule has 1 rings (SSSR count). The Balaban J connectivity index is 2.47. The van der Waals surface area contributed by atoms with E-state index in [2.05, 4.69) is 16.9 Å². The first-order chi connectivity index (χ1) is 9.45. The zero-order valence-corrected chi connectivity index (χ0v) is 13.0. The molecule has 1 heterocycles. The summed E-state index contributed by atoms with van der Waals surface area (Å²) in [7, 11) is 1.91. The van der Waals surface area contributed by atoms with Crippen LogP contribution >= 0.6 is 11.3 Å². The number of nitrogens with one attached hydrogen (secondary N) is 1. The van der Waals surface area contributed by atoms with Gasteiger partial charge in [-0.3, -0.25) is 4.79 Å². The van der Waals surface area contributed by atoms with Crippen LogP contribution in [0.4, 0.5) is 10.9 Å². The predicted octanol–water partition coefficient (Wildman–Crippen LogP) is 1.50. The molecule has 0 bridgehead atoms. The van der Waals surface area contributed by atoms with Crippen molar-refractivity contribution in [2.75, 3.05) is 44.0 Å². The van der Waals surface area contributed by atoms with E-state index in [1.807, 2.05) is 25.8 Å². The smallest absolute Gasteiger partial charge is 0.265 e. The average Bonchev–Trinajstić information content (AvgIpc) is 2.79.